The standard InChI is InChI=1S/C22H24FN3O4S2/c1-15-14-31-20-8-7-18(32(29,30)25-9-2-3-10-25)12-19(20)26(22(15)28)13-21(27)24-17-6-4-5-16(23)11-17/h4-8,11-12,15H,2-3,9-10,13-14H2,1H3,(H,24,27). The van der Waals surface area contributed by atoms with E-state index in [4.69, 9.17) is 0 Å². The maximum atomic E-state index is 13.4. The molecule has 2 aliphatic rings. The fourth-order valence-electron chi connectivity index (χ4n) is 3.81. The number of benzene rings is 2. The van der Waals surface area contributed by atoms with Gasteiger partial charge in [-0.3, -0.25) is 9.59 Å². The summed E-state index contributed by atoms with van der Waals surface area (Å²) in [5.41, 5.74) is 0.685. The molecule has 2 aromatic carbocycles. The molecule has 32 heavy (non-hydrogen) atoms. The largest absolute Gasteiger partial charge is 0.324 e. The summed E-state index contributed by atoms with van der Waals surface area (Å²) in [6.07, 6.45) is 1.64. The number of fused-ring (bicyclic) bond motifs is 1. The van der Waals surface area contributed by atoms with Crippen molar-refractivity contribution in [2.75, 3.05) is 35.6 Å². The molecule has 1 unspecified atom stereocenters. The fraction of sp³-hybridized carbons (Fsp3) is 0.364. The molecular weight excluding hydrogens is 453 g/mol. The van der Waals surface area contributed by atoms with Crippen LogP contribution in [0.1, 0.15) is 19.8 Å². The Bertz CT molecular complexity index is 1150. The van der Waals surface area contributed by atoms with Gasteiger partial charge in [-0.05, 0) is 49.2 Å². The van der Waals surface area contributed by atoms with E-state index in [1.165, 1.54) is 45.2 Å². The Kier molecular flexibility index (Phi) is 6.55. The Morgan fingerprint density at radius 2 is 1.94 bits per heavy atom. The van der Waals surface area contributed by atoms with Crippen molar-refractivity contribution < 1.29 is 22.4 Å². The third kappa shape index (κ3) is 4.67. The van der Waals surface area contributed by atoms with Crippen LogP contribution in [0.15, 0.2) is 52.3 Å². The van der Waals surface area contributed by atoms with Gasteiger partial charge in [0.05, 0.1) is 10.6 Å². The van der Waals surface area contributed by atoms with E-state index in [1.54, 1.807) is 25.1 Å². The van der Waals surface area contributed by atoms with Gasteiger partial charge < -0.3 is 10.2 Å². The van der Waals surface area contributed by atoms with Crippen molar-refractivity contribution in [3.8, 4) is 0 Å². The molecule has 170 valence electrons. The molecule has 2 amide bonds. The van der Waals surface area contributed by atoms with E-state index in [1.807, 2.05) is 0 Å². The summed E-state index contributed by atoms with van der Waals surface area (Å²) in [5, 5.41) is 2.60. The van der Waals surface area contributed by atoms with E-state index >= 15 is 0 Å². The number of hydrogen-bond acceptors (Lipinski definition) is 5. The van der Waals surface area contributed by atoms with Crippen molar-refractivity contribution in [3.05, 3.63) is 48.3 Å². The summed E-state index contributed by atoms with van der Waals surface area (Å²) in [7, 11) is -3.68. The molecule has 7 nitrogen and oxygen atoms in total. The predicted molar refractivity (Wildman–Crippen MR) is 122 cm³/mol. The smallest absolute Gasteiger partial charge is 0.244 e. The lowest BCUT2D eigenvalue weighted by Gasteiger charge is -2.25. The van der Waals surface area contributed by atoms with Crippen LogP contribution in [0.2, 0.25) is 0 Å². The van der Waals surface area contributed by atoms with Crippen LogP contribution in [0.25, 0.3) is 0 Å². The first-order valence-electron chi connectivity index (χ1n) is 10.4. The van der Waals surface area contributed by atoms with Gasteiger partial charge in [0.25, 0.3) is 0 Å². The Labute approximate surface area is 191 Å². The first kappa shape index (κ1) is 22.8. The van der Waals surface area contributed by atoms with Gasteiger partial charge in [0, 0.05) is 35.3 Å². The second kappa shape index (κ2) is 9.21. The van der Waals surface area contributed by atoms with E-state index in [9.17, 15) is 22.4 Å². The normalized spacial score (nSPS) is 19.5. The Morgan fingerprint density at radius 1 is 1.19 bits per heavy atom. The van der Waals surface area contributed by atoms with Crippen LogP contribution in [0.3, 0.4) is 0 Å². The van der Waals surface area contributed by atoms with E-state index in [0.29, 0.717) is 24.5 Å². The molecule has 0 saturated carbocycles. The van der Waals surface area contributed by atoms with Crippen molar-refractivity contribution in [2.45, 2.75) is 29.6 Å². The number of sulfonamides is 1. The topological polar surface area (TPSA) is 86.8 Å². The number of amides is 2. The second-order valence-corrected chi connectivity index (χ2v) is 10.9. The molecule has 1 N–H and O–H groups in total. The molecule has 0 bridgehead atoms. The first-order valence-corrected chi connectivity index (χ1v) is 12.8. The number of nitrogens with zero attached hydrogens (tertiary/aromatic N) is 2. The lowest BCUT2D eigenvalue weighted by Crippen LogP contribution is -2.41. The lowest BCUT2D eigenvalue weighted by molar-refractivity contribution is -0.123. The van der Waals surface area contributed by atoms with E-state index < -0.39 is 21.7 Å². The van der Waals surface area contributed by atoms with Crippen LogP contribution in [0.4, 0.5) is 15.8 Å². The highest BCUT2D eigenvalue weighted by Crippen LogP contribution is 2.38. The highest BCUT2D eigenvalue weighted by Gasteiger charge is 2.33. The summed E-state index contributed by atoms with van der Waals surface area (Å²) in [6, 6.07) is 10.2. The number of rotatable bonds is 5. The van der Waals surface area contributed by atoms with Crippen LogP contribution in [0.5, 0.6) is 0 Å². The summed E-state index contributed by atoms with van der Waals surface area (Å²) < 4.78 is 41.0. The van der Waals surface area contributed by atoms with Crippen molar-refractivity contribution in [1.29, 1.82) is 0 Å². The maximum absolute atomic E-state index is 13.4. The van der Waals surface area contributed by atoms with Crippen LogP contribution in [0, 0.1) is 11.7 Å². The van der Waals surface area contributed by atoms with Crippen molar-refractivity contribution in [1.82, 2.24) is 4.31 Å². The molecule has 10 heteroatoms. The molecule has 1 atom stereocenters. The zero-order valence-corrected chi connectivity index (χ0v) is 19.2. The first-order chi connectivity index (χ1) is 15.3. The summed E-state index contributed by atoms with van der Waals surface area (Å²) >= 11 is 1.46. The molecule has 1 fully saturated rings. The molecule has 2 aromatic rings. The third-order valence-electron chi connectivity index (χ3n) is 5.51. The van der Waals surface area contributed by atoms with Gasteiger partial charge >= 0.3 is 0 Å². The van der Waals surface area contributed by atoms with Gasteiger partial charge in [-0.2, -0.15) is 4.31 Å². The number of carbonyl (C=O) groups is 2. The number of anilines is 2. The zero-order valence-electron chi connectivity index (χ0n) is 17.6. The van der Waals surface area contributed by atoms with Gasteiger partial charge in [-0.15, -0.1) is 11.8 Å². The molecule has 0 radical (unpaired) electrons. The number of nitrogens with one attached hydrogen (secondary N) is 1. The van der Waals surface area contributed by atoms with E-state index in [0.717, 1.165) is 17.7 Å². The highest BCUT2D eigenvalue weighted by molar-refractivity contribution is 7.99. The van der Waals surface area contributed by atoms with Crippen molar-refractivity contribution in [2.24, 2.45) is 5.92 Å². The fourth-order valence-corrected chi connectivity index (χ4v) is 6.40. The molecule has 2 heterocycles. The molecule has 2 aliphatic heterocycles. The number of thioether (sulfide) groups is 1. The van der Waals surface area contributed by atoms with Crippen molar-refractivity contribution in [3.63, 3.8) is 0 Å². The molecular formula is C22H24FN3O4S2. The number of hydrogen-bond donors (Lipinski definition) is 1. The van der Waals surface area contributed by atoms with Gasteiger partial charge in [0.2, 0.25) is 21.8 Å². The van der Waals surface area contributed by atoms with Gasteiger partial charge in [0.15, 0.2) is 0 Å². The zero-order chi connectivity index (χ0) is 22.9. The number of halogens is 1. The Morgan fingerprint density at radius 3 is 2.66 bits per heavy atom. The summed E-state index contributed by atoms with van der Waals surface area (Å²) in [5.74, 6) is -1.08. The lowest BCUT2D eigenvalue weighted by atomic mass is 10.1. The maximum Gasteiger partial charge on any atom is 0.244 e. The van der Waals surface area contributed by atoms with Gasteiger partial charge in [-0.25, -0.2) is 12.8 Å². The Hall–Kier alpha value is -2.43. The van der Waals surface area contributed by atoms with Gasteiger partial charge in [0.1, 0.15) is 12.4 Å². The average molecular weight is 478 g/mol. The summed E-state index contributed by atoms with van der Waals surface area (Å²) in [6.45, 7) is 2.43. The summed E-state index contributed by atoms with van der Waals surface area (Å²) in [4.78, 5) is 28.0. The van der Waals surface area contributed by atoms with E-state index in [-0.39, 0.29) is 29.0 Å². The monoisotopic (exact) mass is 477 g/mol. The van der Waals surface area contributed by atoms with E-state index in [2.05, 4.69) is 5.32 Å². The van der Waals surface area contributed by atoms with Crippen molar-refractivity contribution >= 4 is 45.0 Å². The Balaban J connectivity index is 1.65. The van der Waals surface area contributed by atoms with Gasteiger partial charge in [-0.1, -0.05) is 13.0 Å². The highest BCUT2D eigenvalue weighted by atomic mass is 32.2. The minimum absolute atomic E-state index is 0.108. The SMILES string of the molecule is CC1CSc2ccc(S(=O)(=O)N3CCCC3)cc2N(CC(=O)Nc2cccc(F)c2)C1=O. The third-order valence-corrected chi connectivity index (χ3v) is 8.73. The minimum atomic E-state index is -3.68. The quantitative estimate of drug-likeness (QED) is 0.714. The molecule has 0 spiro atoms. The van der Waals surface area contributed by atoms with Crippen LogP contribution >= 0.6 is 11.8 Å². The van der Waals surface area contributed by atoms with Crippen LogP contribution in [-0.4, -0.2) is 49.9 Å². The number of carbonyl (C=O) groups excluding carboxylic acids is 2. The molecule has 0 aliphatic carbocycles. The average Bonchev–Trinajstić information content (AvgIpc) is 3.28. The predicted octanol–water partition coefficient (Wildman–Crippen LogP) is 3.32. The molecule has 4 rings (SSSR count). The minimum Gasteiger partial charge on any atom is -0.324 e. The van der Waals surface area contributed by atoms with Crippen LogP contribution < -0.4 is 10.2 Å². The van der Waals surface area contributed by atoms with Crippen LogP contribution in [-0.2, 0) is 19.6 Å². The molecule has 0 aromatic heterocycles. The molecule has 1 saturated heterocycles. The second-order valence-electron chi connectivity index (χ2n) is 7.94.